The highest BCUT2D eigenvalue weighted by atomic mass is 16.6. The van der Waals surface area contributed by atoms with Crippen molar-refractivity contribution in [1.82, 2.24) is 0 Å². The standard InChI is InChI=1S/C20H36O3/c1-5-6-7-8-9-10-11-12-13-14-15-16-20(4)18(22)23-17(21)19(20,2)3/h5-16H2,1-4H3. The first-order valence-corrected chi connectivity index (χ1v) is 9.63. The van der Waals surface area contributed by atoms with Crippen LogP contribution in [0, 0.1) is 10.8 Å². The fraction of sp³-hybridized carbons (Fsp3) is 0.900. The highest BCUT2D eigenvalue weighted by Gasteiger charge is 2.59. The second-order valence-corrected chi connectivity index (χ2v) is 7.92. The van der Waals surface area contributed by atoms with Crippen LogP contribution < -0.4 is 0 Å². The Labute approximate surface area is 142 Å². The summed E-state index contributed by atoms with van der Waals surface area (Å²) < 4.78 is 4.86. The van der Waals surface area contributed by atoms with Crippen LogP contribution in [0.1, 0.15) is 105 Å². The molecule has 1 unspecified atom stereocenters. The molecule has 0 N–H and O–H groups in total. The van der Waals surface area contributed by atoms with Gasteiger partial charge in [-0.1, -0.05) is 77.6 Å². The van der Waals surface area contributed by atoms with Gasteiger partial charge in [-0.15, -0.1) is 0 Å². The van der Waals surface area contributed by atoms with Gasteiger partial charge in [-0.2, -0.15) is 0 Å². The smallest absolute Gasteiger partial charge is 0.320 e. The van der Waals surface area contributed by atoms with Crippen LogP contribution in [-0.4, -0.2) is 11.9 Å². The Morgan fingerprint density at radius 1 is 0.696 bits per heavy atom. The summed E-state index contributed by atoms with van der Waals surface area (Å²) in [5.41, 5.74) is -1.34. The maximum Gasteiger partial charge on any atom is 0.320 e. The van der Waals surface area contributed by atoms with E-state index in [9.17, 15) is 9.59 Å². The summed E-state index contributed by atoms with van der Waals surface area (Å²) in [6.45, 7) is 7.80. The van der Waals surface area contributed by atoms with Crippen molar-refractivity contribution in [3.05, 3.63) is 0 Å². The fourth-order valence-electron chi connectivity index (χ4n) is 3.36. The summed E-state index contributed by atoms with van der Waals surface area (Å²) in [4.78, 5) is 23.8. The number of carbonyl (C=O) groups is 2. The second-order valence-electron chi connectivity index (χ2n) is 7.92. The molecule has 1 saturated heterocycles. The molecule has 0 radical (unpaired) electrons. The number of hydrogen-bond donors (Lipinski definition) is 0. The Bertz CT molecular complexity index is 386. The zero-order valence-corrected chi connectivity index (χ0v) is 15.7. The molecule has 0 spiro atoms. The molecule has 1 fully saturated rings. The Morgan fingerprint density at radius 2 is 1.13 bits per heavy atom. The van der Waals surface area contributed by atoms with Crippen molar-refractivity contribution < 1.29 is 14.3 Å². The Balaban J connectivity index is 2.09. The normalized spacial score (nSPS) is 23.3. The van der Waals surface area contributed by atoms with Crippen LogP contribution in [0.25, 0.3) is 0 Å². The lowest BCUT2D eigenvalue weighted by atomic mass is 9.66. The van der Waals surface area contributed by atoms with Crippen molar-refractivity contribution in [3.63, 3.8) is 0 Å². The molecule has 23 heavy (non-hydrogen) atoms. The second kappa shape index (κ2) is 9.44. The maximum absolute atomic E-state index is 12.0. The zero-order chi connectivity index (χ0) is 17.3. The summed E-state index contributed by atoms with van der Waals surface area (Å²) in [7, 11) is 0. The van der Waals surface area contributed by atoms with Crippen molar-refractivity contribution >= 4 is 11.9 Å². The molecule has 0 saturated carbocycles. The molecular formula is C20H36O3. The minimum Gasteiger partial charge on any atom is -0.392 e. The topological polar surface area (TPSA) is 43.4 Å². The van der Waals surface area contributed by atoms with Crippen LogP contribution in [0.4, 0.5) is 0 Å². The predicted octanol–water partition coefficient (Wildman–Crippen LogP) is 5.80. The average Bonchev–Trinajstić information content (AvgIpc) is 2.65. The quantitative estimate of drug-likeness (QED) is 0.259. The molecule has 0 aliphatic carbocycles. The third-order valence-corrected chi connectivity index (χ3v) is 5.81. The van der Waals surface area contributed by atoms with E-state index in [2.05, 4.69) is 6.92 Å². The van der Waals surface area contributed by atoms with E-state index in [1.807, 2.05) is 20.8 Å². The van der Waals surface area contributed by atoms with Gasteiger partial charge in [-0.25, -0.2) is 0 Å². The molecule has 0 bridgehead atoms. The van der Waals surface area contributed by atoms with E-state index >= 15 is 0 Å². The van der Waals surface area contributed by atoms with E-state index in [1.165, 1.54) is 57.8 Å². The number of hydrogen-bond acceptors (Lipinski definition) is 3. The van der Waals surface area contributed by atoms with Gasteiger partial charge in [-0.3, -0.25) is 9.59 Å². The van der Waals surface area contributed by atoms with E-state index in [0.717, 1.165) is 19.3 Å². The minimum absolute atomic E-state index is 0.334. The van der Waals surface area contributed by atoms with E-state index in [0.29, 0.717) is 0 Å². The first-order chi connectivity index (χ1) is 10.9. The molecule has 3 nitrogen and oxygen atoms in total. The van der Waals surface area contributed by atoms with Crippen molar-refractivity contribution in [2.45, 2.75) is 105 Å². The van der Waals surface area contributed by atoms with Crippen LogP contribution in [0.3, 0.4) is 0 Å². The number of unbranched alkanes of at least 4 members (excludes halogenated alkanes) is 10. The number of carbonyl (C=O) groups excluding carboxylic acids is 2. The largest absolute Gasteiger partial charge is 0.392 e. The third kappa shape index (κ3) is 5.32. The molecule has 1 heterocycles. The molecule has 3 heteroatoms. The van der Waals surface area contributed by atoms with Crippen LogP contribution in [0.15, 0.2) is 0 Å². The molecule has 1 atom stereocenters. The van der Waals surface area contributed by atoms with Crippen LogP contribution in [0.5, 0.6) is 0 Å². The summed E-state index contributed by atoms with van der Waals surface area (Å²) in [5.74, 6) is -0.701. The zero-order valence-electron chi connectivity index (χ0n) is 15.7. The van der Waals surface area contributed by atoms with Gasteiger partial charge < -0.3 is 4.74 Å². The molecule has 1 rings (SSSR count). The van der Waals surface area contributed by atoms with Gasteiger partial charge in [-0.05, 0) is 27.2 Å². The third-order valence-electron chi connectivity index (χ3n) is 5.81. The molecular weight excluding hydrogens is 288 g/mol. The minimum atomic E-state index is -0.692. The predicted molar refractivity (Wildman–Crippen MR) is 94.1 cm³/mol. The molecule has 134 valence electrons. The summed E-state index contributed by atoms with van der Waals surface area (Å²) in [6.07, 6.45) is 14.9. The van der Waals surface area contributed by atoms with Crippen molar-refractivity contribution in [2.24, 2.45) is 10.8 Å². The summed E-state index contributed by atoms with van der Waals surface area (Å²) in [5, 5.41) is 0. The Hall–Kier alpha value is -0.860. The van der Waals surface area contributed by atoms with Gasteiger partial charge in [0.1, 0.15) is 0 Å². The Kier molecular flexibility index (Phi) is 8.28. The number of rotatable bonds is 12. The Morgan fingerprint density at radius 3 is 1.52 bits per heavy atom. The summed E-state index contributed by atoms with van der Waals surface area (Å²) in [6, 6.07) is 0. The molecule has 0 aromatic rings. The molecule has 0 aromatic heterocycles. The summed E-state index contributed by atoms with van der Waals surface area (Å²) >= 11 is 0. The van der Waals surface area contributed by atoms with Crippen LogP contribution >= 0.6 is 0 Å². The van der Waals surface area contributed by atoms with E-state index in [4.69, 9.17) is 4.74 Å². The van der Waals surface area contributed by atoms with Gasteiger partial charge in [0.2, 0.25) is 0 Å². The first kappa shape index (κ1) is 20.2. The van der Waals surface area contributed by atoms with Crippen LogP contribution in [0.2, 0.25) is 0 Å². The van der Waals surface area contributed by atoms with E-state index in [-0.39, 0.29) is 11.9 Å². The average molecular weight is 325 g/mol. The highest BCUT2D eigenvalue weighted by Crippen LogP contribution is 2.49. The van der Waals surface area contributed by atoms with Gasteiger partial charge in [0.15, 0.2) is 0 Å². The molecule has 0 aromatic carbocycles. The van der Waals surface area contributed by atoms with Gasteiger partial charge in [0, 0.05) is 0 Å². The van der Waals surface area contributed by atoms with Crippen molar-refractivity contribution in [3.8, 4) is 0 Å². The molecule has 1 aliphatic rings. The monoisotopic (exact) mass is 324 g/mol. The molecule has 0 amide bonds. The number of esters is 2. The van der Waals surface area contributed by atoms with Gasteiger partial charge in [0.25, 0.3) is 0 Å². The van der Waals surface area contributed by atoms with E-state index < -0.39 is 10.8 Å². The van der Waals surface area contributed by atoms with E-state index in [1.54, 1.807) is 0 Å². The lowest BCUT2D eigenvalue weighted by molar-refractivity contribution is -0.155. The number of ether oxygens (including phenoxy) is 1. The van der Waals surface area contributed by atoms with Gasteiger partial charge >= 0.3 is 11.9 Å². The lowest BCUT2D eigenvalue weighted by Crippen LogP contribution is -2.38. The van der Waals surface area contributed by atoms with Crippen LogP contribution in [-0.2, 0) is 14.3 Å². The highest BCUT2D eigenvalue weighted by molar-refractivity contribution is 6.01. The molecule has 1 aliphatic heterocycles. The lowest BCUT2D eigenvalue weighted by Gasteiger charge is -2.31. The fourth-order valence-corrected chi connectivity index (χ4v) is 3.36. The first-order valence-electron chi connectivity index (χ1n) is 9.63. The van der Waals surface area contributed by atoms with Gasteiger partial charge in [0.05, 0.1) is 10.8 Å². The van der Waals surface area contributed by atoms with Crippen molar-refractivity contribution in [2.75, 3.05) is 0 Å². The van der Waals surface area contributed by atoms with Crippen molar-refractivity contribution in [1.29, 1.82) is 0 Å². The number of cyclic esters (lactones) is 2. The maximum atomic E-state index is 12.0. The SMILES string of the molecule is CCCCCCCCCCCCCC1(C)C(=O)OC(=O)C1(C)C.